The maximum atomic E-state index is 5.43. The molecule has 1 aromatic rings. The predicted octanol–water partition coefficient (Wildman–Crippen LogP) is 2.64. The second kappa shape index (κ2) is 4.18. The Morgan fingerprint density at radius 1 is 1.00 bits per heavy atom. The van der Waals surface area contributed by atoms with E-state index in [0.29, 0.717) is 0 Å². The Labute approximate surface area is 87.6 Å². The highest BCUT2D eigenvalue weighted by Crippen LogP contribution is 2.13. The predicted molar refractivity (Wildman–Crippen MR) is 48.6 cm³/mol. The molecule has 12 heavy (non-hydrogen) atoms. The van der Waals surface area contributed by atoms with Crippen molar-refractivity contribution in [2.24, 2.45) is 4.99 Å². The molecule has 0 radical (unpaired) electrons. The van der Waals surface area contributed by atoms with E-state index in [2.05, 4.69) is 19.9 Å². The summed E-state index contributed by atoms with van der Waals surface area (Å²) in [4.78, 5) is 14.1. The second-order valence-corrected chi connectivity index (χ2v) is 3.11. The van der Waals surface area contributed by atoms with Gasteiger partial charge in [0.1, 0.15) is 0 Å². The zero-order valence-corrected chi connectivity index (χ0v) is 8.32. The first-order chi connectivity index (χ1) is 5.58. The molecule has 0 aliphatic carbocycles. The number of hydrogen-bond donors (Lipinski definition) is 0. The number of rotatable bonds is 1. The summed E-state index contributed by atoms with van der Waals surface area (Å²) < 4.78 is -0.228. The minimum Gasteiger partial charge on any atom is -0.187 e. The monoisotopic (exact) mass is 244 g/mol. The summed E-state index contributed by atoms with van der Waals surface area (Å²) in [5.74, 6) is -0.0278. The molecule has 1 heterocycles. The van der Waals surface area contributed by atoms with Crippen molar-refractivity contribution >= 4 is 57.0 Å². The van der Waals surface area contributed by atoms with Gasteiger partial charge in [-0.2, -0.15) is 19.9 Å². The highest BCUT2D eigenvalue weighted by molar-refractivity contribution is 6.95. The van der Waals surface area contributed by atoms with E-state index in [1.54, 1.807) is 0 Å². The lowest BCUT2D eigenvalue weighted by Gasteiger charge is -1.92. The van der Waals surface area contributed by atoms with Crippen LogP contribution in [-0.2, 0) is 0 Å². The molecule has 0 fully saturated rings. The van der Waals surface area contributed by atoms with Crippen molar-refractivity contribution in [2.45, 2.75) is 0 Å². The first-order valence-corrected chi connectivity index (χ1v) is 4.06. The number of nitrogens with zero attached hydrogens (tertiary/aromatic N) is 4. The molecule has 0 bridgehead atoms. The van der Waals surface area contributed by atoms with Gasteiger partial charge in [0.2, 0.25) is 10.6 Å². The van der Waals surface area contributed by atoms with E-state index in [0.717, 1.165) is 0 Å². The largest absolute Gasteiger partial charge is 0.257 e. The maximum Gasteiger partial charge on any atom is 0.257 e. The third kappa shape index (κ3) is 3.06. The van der Waals surface area contributed by atoms with Gasteiger partial charge < -0.3 is 0 Å². The Hall–Kier alpha value is -0.160. The molecule has 0 aliphatic rings. The van der Waals surface area contributed by atoms with Crippen LogP contribution in [0.25, 0.3) is 0 Å². The van der Waals surface area contributed by atoms with E-state index in [1.807, 2.05) is 0 Å². The molecule has 0 aromatic carbocycles. The Morgan fingerprint density at radius 3 is 1.92 bits per heavy atom. The quantitative estimate of drug-likeness (QED) is 0.715. The Bertz CT molecular complexity index is 301. The Morgan fingerprint density at radius 2 is 1.50 bits per heavy atom. The van der Waals surface area contributed by atoms with Gasteiger partial charge in [-0.25, -0.2) is 0 Å². The fourth-order valence-electron chi connectivity index (χ4n) is 0.442. The van der Waals surface area contributed by atoms with Crippen LogP contribution in [0.15, 0.2) is 4.99 Å². The smallest absolute Gasteiger partial charge is 0.187 e. The molecule has 0 aliphatic heterocycles. The van der Waals surface area contributed by atoms with Gasteiger partial charge in [0.25, 0.3) is 5.95 Å². The van der Waals surface area contributed by atoms with Crippen LogP contribution in [0.2, 0.25) is 10.6 Å². The molecule has 64 valence electrons. The molecule has 0 N–H and O–H groups in total. The molecule has 4 nitrogen and oxygen atoms in total. The van der Waals surface area contributed by atoms with Crippen LogP contribution in [0.3, 0.4) is 0 Å². The second-order valence-electron chi connectivity index (χ2n) is 1.53. The molecule has 0 saturated heterocycles. The molecule has 0 unspecified atom stereocenters. The van der Waals surface area contributed by atoms with E-state index in [1.165, 1.54) is 0 Å². The fraction of sp³-hybridized carbons (Fsp3) is 0. The highest BCUT2D eigenvalue weighted by Gasteiger charge is 2.01. The first kappa shape index (κ1) is 9.92. The number of aliphatic imine (C=N–C) groups is 1. The third-order valence-corrected chi connectivity index (χ3v) is 1.26. The first-order valence-electron chi connectivity index (χ1n) is 2.54. The van der Waals surface area contributed by atoms with Gasteiger partial charge in [-0.3, -0.25) is 0 Å². The minimum atomic E-state index is -0.228. The molecule has 0 spiro atoms. The van der Waals surface area contributed by atoms with Crippen molar-refractivity contribution in [2.75, 3.05) is 0 Å². The highest BCUT2D eigenvalue weighted by atomic mass is 35.5. The average Bonchev–Trinajstić information content (AvgIpc) is 1.81. The SMILES string of the molecule is ClC(Cl)=Nc1nc(Cl)nc(Cl)n1. The Kier molecular flexibility index (Phi) is 3.46. The number of aromatic nitrogens is 3. The molecule has 8 heteroatoms. The molecule has 0 atom stereocenters. The van der Waals surface area contributed by atoms with E-state index >= 15 is 0 Å². The normalized spacial score (nSPS) is 9.67. The van der Waals surface area contributed by atoms with E-state index in [4.69, 9.17) is 46.4 Å². The molecular weight excluding hydrogens is 246 g/mol. The molecule has 0 saturated carbocycles. The van der Waals surface area contributed by atoms with Crippen LogP contribution in [0.1, 0.15) is 0 Å². The summed E-state index contributed by atoms with van der Waals surface area (Å²) in [6.07, 6.45) is 0. The molecule has 1 rings (SSSR count). The van der Waals surface area contributed by atoms with E-state index < -0.39 is 0 Å². The standard InChI is InChI=1S/C4Cl4N4/c5-1(6)9-4-11-2(7)10-3(8)12-4. The van der Waals surface area contributed by atoms with Crippen molar-refractivity contribution in [3.63, 3.8) is 0 Å². The van der Waals surface area contributed by atoms with Crippen LogP contribution in [0, 0.1) is 0 Å². The van der Waals surface area contributed by atoms with Gasteiger partial charge in [-0.1, -0.05) is 0 Å². The molecule has 0 amide bonds. The van der Waals surface area contributed by atoms with E-state index in [-0.39, 0.29) is 21.1 Å². The third-order valence-electron chi connectivity index (χ3n) is 0.754. The van der Waals surface area contributed by atoms with Gasteiger partial charge >= 0.3 is 0 Å². The number of hydrogen-bond acceptors (Lipinski definition) is 4. The average molecular weight is 246 g/mol. The van der Waals surface area contributed by atoms with Crippen LogP contribution < -0.4 is 0 Å². The van der Waals surface area contributed by atoms with E-state index in [9.17, 15) is 0 Å². The molecular formula is C4Cl4N4. The number of halogens is 4. The lowest BCUT2D eigenvalue weighted by atomic mass is 10.9. The summed E-state index contributed by atoms with van der Waals surface area (Å²) in [6.45, 7) is 0. The summed E-state index contributed by atoms with van der Waals surface area (Å²) in [7, 11) is 0. The van der Waals surface area contributed by atoms with Crippen molar-refractivity contribution < 1.29 is 0 Å². The van der Waals surface area contributed by atoms with Gasteiger partial charge in [-0.05, 0) is 46.4 Å². The van der Waals surface area contributed by atoms with Crippen LogP contribution in [-0.4, -0.2) is 19.6 Å². The van der Waals surface area contributed by atoms with Crippen molar-refractivity contribution in [1.29, 1.82) is 0 Å². The topological polar surface area (TPSA) is 51.0 Å². The van der Waals surface area contributed by atoms with Crippen LogP contribution >= 0.6 is 46.4 Å². The molecule has 1 aromatic heterocycles. The minimum absolute atomic E-state index is 0.0278. The van der Waals surface area contributed by atoms with Gasteiger partial charge in [0.15, 0.2) is 4.63 Å². The summed E-state index contributed by atoms with van der Waals surface area (Å²) in [5, 5.41) is -0.133. The lowest BCUT2D eigenvalue weighted by Crippen LogP contribution is -1.88. The lowest BCUT2D eigenvalue weighted by molar-refractivity contribution is 1.04. The van der Waals surface area contributed by atoms with Gasteiger partial charge in [0.05, 0.1) is 0 Å². The zero-order chi connectivity index (χ0) is 9.14. The summed E-state index contributed by atoms with van der Waals surface area (Å²) in [6, 6.07) is 0. The Balaban J connectivity index is 3.09. The van der Waals surface area contributed by atoms with Crippen molar-refractivity contribution in [3.05, 3.63) is 10.6 Å². The summed E-state index contributed by atoms with van der Waals surface area (Å²) >= 11 is 21.4. The zero-order valence-electron chi connectivity index (χ0n) is 5.30. The van der Waals surface area contributed by atoms with Crippen molar-refractivity contribution in [1.82, 2.24) is 15.0 Å². The summed E-state index contributed by atoms with van der Waals surface area (Å²) in [5.41, 5.74) is 0. The fourth-order valence-corrected chi connectivity index (χ4v) is 0.947. The van der Waals surface area contributed by atoms with Crippen LogP contribution in [0.5, 0.6) is 0 Å². The van der Waals surface area contributed by atoms with Crippen LogP contribution in [0.4, 0.5) is 5.95 Å². The maximum absolute atomic E-state index is 5.43. The van der Waals surface area contributed by atoms with Gasteiger partial charge in [0, 0.05) is 0 Å². The van der Waals surface area contributed by atoms with Gasteiger partial charge in [-0.15, -0.1) is 0 Å². The van der Waals surface area contributed by atoms with Crippen molar-refractivity contribution in [3.8, 4) is 0 Å².